The number of aromatic nitrogens is 2. The Morgan fingerprint density at radius 1 is 1.05 bits per heavy atom. The van der Waals surface area contributed by atoms with Crippen LogP contribution in [0.2, 0.25) is 0 Å². The summed E-state index contributed by atoms with van der Waals surface area (Å²) < 4.78 is 1.09. The molecule has 1 aromatic carbocycles. The largest absolute Gasteiger partial charge is 0.370 e. The third-order valence-corrected chi connectivity index (χ3v) is 3.33. The minimum atomic E-state index is 0.747. The summed E-state index contributed by atoms with van der Waals surface area (Å²) in [5, 5.41) is 6.57. The van der Waals surface area contributed by atoms with Gasteiger partial charge in [0.2, 0.25) is 0 Å². The summed E-state index contributed by atoms with van der Waals surface area (Å²) in [5.41, 5.74) is 2.26. The van der Waals surface area contributed by atoms with Gasteiger partial charge in [0, 0.05) is 23.1 Å². The van der Waals surface area contributed by atoms with Gasteiger partial charge >= 0.3 is 0 Å². The lowest BCUT2D eigenvalue weighted by molar-refractivity contribution is 1.04. The molecule has 0 unspecified atom stereocenters. The monoisotopic (exact) mass is 320 g/mol. The van der Waals surface area contributed by atoms with E-state index in [1.165, 1.54) is 5.56 Å². The zero-order valence-electron chi connectivity index (χ0n) is 11.1. The third-order valence-electron chi connectivity index (χ3n) is 2.80. The molecule has 2 N–H and O–H groups in total. The lowest BCUT2D eigenvalue weighted by Crippen LogP contribution is -2.08. The highest BCUT2D eigenvalue weighted by molar-refractivity contribution is 9.10. The first-order valence-corrected chi connectivity index (χ1v) is 7.03. The van der Waals surface area contributed by atoms with Crippen molar-refractivity contribution in [3.8, 4) is 0 Å². The standard InChI is InChI=1S/C14H17BrN4/c1-3-16-13-10(2)14(19-9-18-13)17-8-11-4-6-12(15)7-5-11/h4-7,9H,3,8H2,1-2H3,(H2,16,17,18,19). The smallest absolute Gasteiger partial charge is 0.134 e. The number of hydrogen-bond donors (Lipinski definition) is 2. The van der Waals surface area contributed by atoms with Crippen LogP contribution < -0.4 is 10.6 Å². The molecule has 0 radical (unpaired) electrons. The lowest BCUT2D eigenvalue weighted by atomic mass is 10.2. The van der Waals surface area contributed by atoms with E-state index in [9.17, 15) is 0 Å². The van der Waals surface area contributed by atoms with E-state index in [2.05, 4.69) is 55.6 Å². The molecule has 2 rings (SSSR count). The van der Waals surface area contributed by atoms with E-state index in [4.69, 9.17) is 0 Å². The van der Waals surface area contributed by atoms with Crippen LogP contribution in [0.15, 0.2) is 35.1 Å². The van der Waals surface area contributed by atoms with Crippen LogP contribution in [0.1, 0.15) is 18.1 Å². The van der Waals surface area contributed by atoms with Crippen LogP contribution in [0.5, 0.6) is 0 Å². The van der Waals surface area contributed by atoms with Gasteiger partial charge in [-0.2, -0.15) is 0 Å². The molecule has 0 atom stereocenters. The first-order valence-electron chi connectivity index (χ1n) is 6.24. The molecule has 0 bridgehead atoms. The van der Waals surface area contributed by atoms with Crippen LogP contribution >= 0.6 is 15.9 Å². The number of rotatable bonds is 5. The molecule has 0 amide bonds. The van der Waals surface area contributed by atoms with Crippen molar-refractivity contribution < 1.29 is 0 Å². The molecular weight excluding hydrogens is 304 g/mol. The van der Waals surface area contributed by atoms with Gasteiger partial charge in [0.25, 0.3) is 0 Å². The summed E-state index contributed by atoms with van der Waals surface area (Å²) >= 11 is 3.43. The van der Waals surface area contributed by atoms with E-state index in [-0.39, 0.29) is 0 Å². The molecule has 1 aromatic heterocycles. The average molecular weight is 321 g/mol. The molecule has 0 saturated carbocycles. The second-order valence-corrected chi connectivity index (χ2v) is 5.12. The maximum absolute atomic E-state index is 4.28. The van der Waals surface area contributed by atoms with Crippen molar-refractivity contribution in [2.45, 2.75) is 20.4 Å². The van der Waals surface area contributed by atoms with Gasteiger partial charge in [0.05, 0.1) is 0 Å². The van der Waals surface area contributed by atoms with Crippen molar-refractivity contribution in [3.05, 3.63) is 46.2 Å². The Bertz CT molecular complexity index is 540. The number of benzene rings is 1. The predicted molar refractivity (Wildman–Crippen MR) is 82.4 cm³/mol. The molecule has 100 valence electrons. The fraction of sp³-hybridized carbons (Fsp3) is 0.286. The maximum Gasteiger partial charge on any atom is 0.134 e. The summed E-state index contributed by atoms with van der Waals surface area (Å²) in [5.74, 6) is 1.75. The highest BCUT2D eigenvalue weighted by Gasteiger charge is 2.05. The topological polar surface area (TPSA) is 49.8 Å². The molecule has 0 saturated heterocycles. The van der Waals surface area contributed by atoms with Crippen LogP contribution in [-0.2, 0) is 6.54 Å². The highest BCUT2D eigenvalue weighted by atomic mass is 79.9. The summed E-state index contributed by atoms with van der Waals surface area (Å²) in [6.07, 6.45) is 1.58. The Morgan fingerprint density at radius 3 is 2.32 bits per heavy atom. The van der Waals surface area contributed by atoms with E-state index in [1.807, 2.05) is 19.1 Å². The molecule has 19 heavy (non-hydrogen) atoms. The third kappa shape index (κ3) is 3.67. The highest BCUT2D eigenvalue weighted by Crippen LogP contribution is 2.19. The second kappa shape index (κ2) is 6.52. The Balaban J connectivity index is 2.07. The molecule has 0 aliphatic carbocycles. The fourth-order valence-electron chi connectivity index (χ4n) is 1.76. The van der Waals surface area contributed by atoms with Gasteiger partial charge in [-0.15, -0.1) is 0 Å². The quantitative estimate of drug-likeness (QED) is 0.883. The molecule has 5 heteroatoms. The van der Waals surface area contributed by atoms with Crippen LogP contribution in [0.4, 0.5) is 11.6 Å². The molecule has 0 aliphatic rings. The van der Waals surface area contributed by atoms with E-state index in [0.717, 1.165) is 34.8 Å². The Labute approximate surface area is 121 Å². The Morgan fingerprint density at radius 2 is 1.68 bits per heavy atom. The Kier molecular flexibility index (Phi) is 4.74. The van der Waals surface area contributed by atoms with Gasteiger partial charge < -0.3 is 10.6 Å². The molecule has 0 fully saturated rings. The van der Waals surface area contributed by atoms with E-state index in [0.29, 0.717) is 0 Å². The van der Waals surface area contributed by atoms with Crippen molar-refractivity contribution >= 4 is 27.6 Å². The minimum absolute atomic E-state index is 0.747. The number of anilines is 2. The fourth-order valence-corrected chi connectivity index (χ4v) is 2.03. The van der Waals surface area contributed by atoms with E-state index >= 15 is 0 Å². The van der Waals surface area contributed by atoms with Gasteiger partial charge in [-0.3, -0.25) is 0 Å². The van der Waals surface area contributed by atoms with Crippen LogP contribution in [0, 0.1) is 6.92 Å². The molecular formula is C14H17BrN4. The summed E-state index contributed by atoms with van der Waals surface area (Å²) in [6, 6.07) is 8.24. The maximum atomic E-state index is 4.28. The molecule has 2 aromatic rings. The van der Waals surface area contributed by atoms with Crippen molar-refractivity contribution in [2.24, 2.45) is 0 Å². The van der Waals surface area contributed by atoms with Gasteiger partial charge in [0.15, 0.2) is 0 Å². The van der Waals surface area contributed by atoms with Gasteiger partial charge in [0.1, 0.15) is 18.0 Å². The lowest BCUT2D eigenvalue weighted by Gasteiger charge is -2.12. The first kappa shape index (κ1) is 13.8. The van der Waals surface area contributed by atoms with Crippen LogP contribution in [0.3, 0.4) is 0 Å². The second-order valence-electron chi connectivity index (χ2n) is 4.21. The molecule has 0 aliphatic heterocycles. The number of nitrogens with one attached hydrogen (secondary N) is 2. The van der Waals surface area contributed by atoms with E-state index in [1.54, 1.807) is 6.33 Å². The normalized spacial score (nSPS) is 10.3. The molecule has 0 spiro atoms. The minimum Gasteiger partial charge on any atom is -0.370 e. The first-order chi connectivity index (χ1) is 9.20. The van der Waals surface area contributed by atoms with Crippen molar-refractivity contribution in [2.75, 3.05) is 17.2 Å². The zero-order valence-corrected chi connectivity index (χ0v) is 12.7. The number of hydrogen-bond acceptors (Lipinski definition) is 4. The van der Waals surface area contributed by atoms with Crippen LogP contribution in [0.25, 0.3) is 0 Å². The van der Waals surface area contributed by atoms with Crippen LogP contribution in [-0.4, -0.2) is 16.5 Å². The molecule has 1 heterocycles. The van der Waals surface area contributed by atoms with Gasteiger partial charge in [-0.05, 0) is 31.5 Å². The Hall–Kier alpha value is -1.62. The van der Waals surface area contributed by atoms with Gasteiger partial charge in [-0.1, -0.05) is 28.1 Å². The van der Waals surface area contributed by atoms with Crippen molar-refractivity contribution in [1.82, 2.24) is 9.97 Å². The van der Waals surface area contributed by atoms with Crippen molar-refractivity contribution in [1.29, 1.82) is 0 Å². The summed E-state index contributed by atoms with van der Waals surface area (Å²) in [7, 11) is 0. The summed E-state index contributed by atoms with van der Waals surface area (Å²) in [4.78, 5) is 8.51. The average Bonchev–Trinajstić information content (AvgIpc) is 2.42. The predicted octanol–water partition coefficient (Wildman–Crippen LogP) is 3.59. The summed E-state index contributed by atoms with van der Waals surface area (Å²) in [6.45, 7) is 5.67. The molecule has 4 nitrogen and oxygen atoms in total. The van der Waals surface area contributed by atoms with Gasteiger partial charge in [-0.25, -0.2) is 9.97 Å². The SMILES string of the molecule is CCNc1ncnc(NCc2ccc(Br)cc2)c1C. The van der Waals surface area contributed by atoms with Crippen molar-refractivity contribution in [3.63, 3.8) is 0 Å². The number of halogens is 1. The van der Waals surface area contributed by atoms with E-state index < -0.39 is 0 Å². The zero-order chi connectivity index (χ0) is 13.7. The number of nitrogens with zero attached hydrogens (tertiary/aromatic N) is 2.